The molecule has 0 saturated carbocycles. The van der Waals surface area contributed by atoms with Crippen LogP contribution in [0.3, 0.4) is 0 Å². The molecule has 2 heterocycles. The maximum atomic E-state index is 11.7. The summed E-state index contributed by atoms with van der Waals surface area (Å²) in [6.07, 6.45) is 4.69. The van der Waals surface area contributed by atoms with Crippen LogP contribution in [0, 0.1) is 5.92 Å². The number of hydrogen-bond acceptors (Lipinski definition) is 3. The van der Waals surface area contributed by atoms with Crippen molar-refractivity contribution in [3.63, 3.8) is 0 Å². The van der Waals surface area contributed by atoms with E-state index in [4.69, 9.17) is 0 Å². The third-order valence-electron chi connectivity index (χ3n) is 3.73. The molecule has 1 amide bonds. The van der Waals surface area contributed by atoms with E-state index in [1.807, 2.05) is 0 Å². The fourth-order valence-corrected chi connectivity index (χ4v) is 2.66. The lowest BCUT2D eigenvalue weighted by Crippen LogP contribution is -2.47. The summed E-state index contributed by atoms with van der Waals surface area (Å²) < 4.78 is 0. The second kappa shape index (κ2) is 6.36. The van der Waals surface area contributed by atoms with Crippen molar-refractivity contribution in [3.05, 3.63) is 0 Å². The molecule has 4 nitrogen and oxygen atoms in total. The molecule has 0 aliphatic carbocycles. The Balaban J connectivity index is 1.61. The van der Waals surface area contributed by atoms with E-state index in [1.165, 1.54) is 32.4 Å². The SMILES string of the molecule is CC(CN1CCCCC1)NC(=O)CC1CNC1. The maximum Gasteiger partial charge on any atom is 0.220 e. The summed E-state index contributed by atoms with van der Waals surface area (Å²) in [6, 6.07) is 0.286. The molecule has 2 saturated heterocycles. The second-order valence-electron chi connectivity index (χ2n) is 5.56. The van der Waals surface area contributed by atoms with Crippen LogP contribution in [-0.4, -0.2) is 49.6 Å². The minimum absolute atomic E-state index is 0.223. The molecule has 1 unspecified atom stereocenters. The van der Waals surface area contributed by atoms with Crippen LogP contribution < -0.4 is 10.6 Å². The Morgan fingerprint density at radius 1 is 1.35 bits per heavy atom. The first-order valence-electron chi connectivity index (χ1n) is 6.96. The van der Waals surface area contributed by atoms with Crippen LogP contribution in [0.15, 0.2) is 0 Å². The monoisotopic (exact) mass is 239 g/mol. The minimum Gasteiger partial charge on any atom is -0.352 e. The number of rotatable bonds is 5. The van der Waals surface area contributed by atoms with Gasteiger partial charge in [-0.1, -0.05) is 6.42 Å². The van der Waals surface area contributed by atoms with Crippen molar-refractivity contribution in [3.8, 4) is 0 Å². The summed E-state index contributed by atoms with van der Waals surface area (Å²) in [5, 5.41) is 6.32. The lowest BCUT2D eigenvalue weighted by Gasteiger charge is -2.30. The van der Waals surface area contributed by atoms with E-state index in [2.05, 4.69) is 22.5 Å². The molecule has 98 valence electrons. The summed E-state index contributed by atoms with van der Waals surface area (Å²) in [4.78, 5) is 14.2. The Labute approximate surface area is 104 Å². The van der Waals surface area contributed by atoms with Crippen LogP contribution in [0.2, 0.25) is 0 Å². The molecule has 0 bridgehead atoms. The molecule has 2 aliphatic heterocycles. The first-order valence-corrected chi connectivity index (χ1v) is 6.96. The van der Waals surface area contributed by atoms with Crippen LogP contribution in [0.5, 0.6) is 0 Å². The quantitative estimate of drug-likeness (QED) is 0.738. The van der Waals surface area contributed by atoms with Gasteiger partial charge in [-0.25, -0.2) is 0 Å². The Kier molecular flexibility index (Phi) is 4.80. The largest absolute Gasteiger partial charge is 0.352 e. The van der Waals surface area contributed by atoms with Crippen LogP contribution >= 0.6 is 0 Å². The fraction of sp³-hybridized carbons (Fsp3) is 0.923. The van der Waals surface area contributed by atoms with Gasteiger partial charge in [0.25, 0.3) is 0 Å². The van der Waals surface area contributed by atoms with Gasteiger partial charge in [-0.3, -0.25) is 4.79 Å². The number of carbonyl (C=O) groups excluding carboxylic acids is 1. The lowest BCUT2D eigenvalue weighted by molar-refractivity contribution is -0.123. The van der Waals surface area contributed by atoms with Gasteiger partial charge in [0.2, 0.25) is 5.91 Å². The van der Waals surface area contributed by atoms with E-state index in [0.717, 1.165) is 19.6 Å². The van der Waals surface area contributed by atoms with Gasteiger partial charge < -0.3 is 15.5 Å². The molecule has 1 atom stereocenters. The molecule has 4 heteroatoms. The molecule has 2 fully saturated rings. The number of likely N-dealkylation sites (tertiary alicyclic amines) is 1. The minimum atomic E-state index is 0.223. The van der Waals surface area contributed by atoms with Crippen molar-refractivity contribution >= 4 is 5.91 Å². The standard InChI is InChI=1S/C13H25N3O/c1-11(10-16-5-3-2-4-6-16)15-13(17)7-12-8-14-9-12/h11-12,14H,2-10H2,1H3,(H,15,17). The van der Waals surface area contributed by atoms with E-state index in [1.54, 1.807) is 0 Å². The Morgan fingerprint density at radius 3 is 2.65 bits per heavy atom. The molecular weight excluding hydrogens is 214 g/mol. The van der Waals surface area contributed by atoms with Gasteiger partial charge in [0, 0.05) is 19.0 Å². The molecule has 2 N–H and O–H groups in total. The summed E-state index contributed by atoms with van der Waals surface area (Å²) in [5.74, 6) is 0.790. The summed E-state index contributed by atoms with van der Waals surface area (Å²) in [5.41, 5.74) is 0. The fourth-order valence-electron chi connectivity index (χ4n) is 2.66. The maximum absolute atomic E-state index is 11.7. The Morgan fingerprint density at radius 2 is 2.06 bits per heavy atom. The average molecular weight is 239 g/mol. The van der Waals surface area contributed by atoms with E-state index in [-0.39, 0.29) is 11.9 Å². The third-order valence-corrected chi connectivity index (χ3v) is 3.73. The predicted molar refractivity (Wildman–Crippen MR) is 68.9 cm³/mol. The van der Waals surface area contributed by atoms with E-state index >= 15 is 0 Å². The van der Waals surface area contributed by atoms with Gasteiger partial charge in [0.05, 0.1) is 0 Å². The molecule has 0 aromatic heterocycles. The summed E-state index contributed by atoms with van der Waals surface area (Å²) in [6.45, 7) is 7.54. The van der Waals surface area contributed by atoms with E-state index < -0.39 is 0 Å². The summed E-state index contributed by atoms with van der Waals surface area (Å²) in [7, 11) is 0. The van der Waals surface area contributed by atoms with E-state index in [0.29, 0.717) is 12.3 Å². The zero-order valence-corrected chi connectivity index (χ0v) is 10.9. The molecule has 2 aliphatic rings. The Hall–Kier alpha value is -0.610. The van der Waals surface area contributed by atoms with Crippen molar-refractivity contribution in [2.45, 2.75) is 38.6 Å². The third kappa shape index (κ3) is 4.28. The van der Waals surface area contributed by atoms with Gasteiger partial charge in [-0.2, -0.15) is 0 Å². The van der Waals surface area contributed by atoms with Crippen molar-refractivity contribution < 1.29 is 4.79 Å². The Bertz CT molecular complexity index is 247. The van der Waals surface area contributed by atoms with Crippen LogP contribution in [-0.2, 0) is 4.79 Å². The highest BCUT2D eigenvalue weighted by Gasteiger charge is 2.21. The van der Waals surface area contributed by atoms with Crippen LogP contribution in [0.4, 0.5) is 0 Å². The van der Waals surface area contributed by atoms with Crippen molar-refractivity contribution in [2.75, 3.05) is 32.7 Å². The van der Waals surface area contributed by atoms with Crippen molar-refractivity contribution in [1.29, 1.82) is 0 Å². The highest BCUT2D eigenvalue weighted by atomic mass is 16.1. The van der Waals surface area contributed by atoms with Gasteiger partial charge in [-0.15, -0.1) is 0 Å². The number of hydrogen-bond donors (Lipinski definition) is 2. The predicted octanol–water partition coefficient (Wildman–Crippen LogP) is 0.587. The van der Waals surface area contributed by atoms with Crippen LogP contribution in [0.1, 0.15) is 32.6 Å². The lowest BCUT2D eigenvalue weighted by atomic mass is 9.99. The average Bonchev–Trinajstić information content (AvgIpc) is 2.25. The van der Waals surface area contributed by atoms with Crippen LogP contribution in [0.25, 0.3) is 0 Å². The van der Waals surface area contributed by atoms with Gasteiger partial charge >= 0.3 is 0 Å². The number of carbonyl (C=O) groups is 1. The van der Waals surface area contributed by atoms with Crippen molar-refractivity contribution in [1.82, 2.24) is 15.5 Å². The molecule has 0 spiro atoms. The zero-order chi connectivity index (χ0) is 12.1. The molecule has 0 radical (unpaired) electrons. The van der Waals surface area contributed by atoms with Gasteiger partial charge in [0.15, 0.2) is 0 Å². The smallest absolute Gasteiger partial charge is 0.220 e. The zero-order valence-electron chi connectivity index (χ0n) is 10.9. The van der Waals surface area contributed by atoms with Gasteiger partial charge in [0.1, 0.15) is 0 Å². The highest BCUT2D eigenvalue weighted by molar-refractivity contribution is 5.76. The van der Waals surface area contributed by atoms with Crippen molar-refractivity contribution in [2.24, 2.45) is 5.92 Å². The molecule has 0 aromatic rings. The molecule has 17 heavy (non-hydrogen) atoms. The number of piperidine rings is 1. The topological polar surface area (TPSA) is 44.4 Å². The molecule has 2 rings (SSSR count). The number of nitrogens with one attached hydrogen (secondary N) is 2. The first kappa shape index (κ1) is 12.8. The van der Waals surface area contributed by atoms with Gasteiger partial charge in [-0.05, 0) is 51.9 Å². The normalized spacial score (nSPS) is 24.1. The van der Waals surface area contributed by atoms with E-state index in [9.17, 15) is 4.79 Å². The second-order valence-corrected chi connectivity index (χ2v) is 5.56. The molecular formula is C13H25N3O. The molecule has 0 aromatic carbocycles. The highest BCUT2D eigenvalue weighted by Crippen LogP contribution is 2.10. The number of nitrogens with zero attached hydrogens (tertiary/aromatic N) is 1. The first-order chi connectivity index (χ1) is 8.24. The summed E-state index contributed by atoms with van der Waals surface area (Å²) >= 11 is 0. The number of amides is 1.